The number of fused-ring (bicyclic) bond motifs is 2. The molecule has 0 spiro atoms. The van der Waals surface area contributed by atoms with Gasteiger partial charge < -0.3 is 9.64 Å². The molecule has 1 atom stereocenters. The molecule has 2 aromatic heterocycles. The fourth-order valence-corrected chi connectivity index (χ4v) is 4.35. The Morgan fingerprint density at radius 1 is 1.19 bits per heavy atom. The van der Waals surface area contributed by atoms with Crippen LogP contribution in [0.5, 0.6) is 0 Å². The van der Waals surface area contributed by atoms with E-state index >= 15 is 0 Å². The predicted molar refractivity (Wildman–Crippen MR) is 107 cm³/mol. The van der Waals surface area contributed by atoms with Crippen molar-refractivity contribution >= 4 is 16.7 Å². The lowest BCUT2D eigenvalue weighted by atomic mass is 10.1. The molecule has 31 heavy (non-hydrogen) atoms. The Kier molecular flexibility index (Phi) is 4.88. The summed E-state index contributed by atoms with van der Waals surface area (Å²) < 4.78 is 46.3. The molecule has 1 fully saturated rings. The maximum atomic E-state index is 13.4. The van der Waals surface area contributed by atoms with Crippen molar-refractivity contribution in [2.75, 3.05) is 18.1 Å². The Balaban J connectivity index is 1.62. The van der Waals surface area contributed by atoms with E-state index in [1.54, 1.807) is 18.2 Å². The van der Waals surface area contributed by atoms with Crippen LogP contribution in [0.1, 0.15) is 36.0 Å². The minimum atomic E-state index is -4.55. The fourth-order valence-electron chi connectivity index (χ4n) is 4.35. The van der Waals surface area contributed by atoms with Crippen LogP contribution in [0.25, 0.3) is 10.9 Å². The predicted octanol–water partition coefficient (Wildman–Crippen LogP) is 3.16. The molecule has 0 N–H and O–H groups in total. The van der Waals surface area contributed by atoms with Gasteiger partial charge >= 0.3 is 6.18 Å². The molecule has 0 aliphatic carbocycles. The second kappa shape index (κ2) is 7.60. The number of hydrogen-bond acceptors (Lipinski definition) is 6. The van der Waals surface area contributed by atoms with E-state index in [0.717, 1.165) is 22.2 Å². The van der Waals surface area contributed by atoms with Crippen molar-refractivity contribution in [2.24, 2.45) is 0 Å². The fraction of sp³-hybridized carbons (Fsp3) is 0.429. The van der Waals surface area contributed by atoms with E-state index in [0.29, 0.717) is 43.9 Å². The molecule has 5 rings (SSSR count). The normalized spacial score (nSPS) is 19.1. The Morgan fingerprint density at radius 2 is 2.03 bits per heavy atom. The maximum Gasteiger partial charge on any atom is 0.406 e. The van der Waals surface area contributed by atoms with E-state index in [-0.39, 0.29) is 11.2 Å². The summed E-state index contributed by atoms with van der Waals surface area (Å²) in [6, 6.07) is 7.86. The second-order valence-electron chi connectivity index (χ2n) is 7.82. The van der Waals surface area contributed by atoms with Crippen molar-refractivity contribution in [3.63, 3.8) is 0 Å². The minimum absolute atomic E-state index is 0.106. The van der Waals surface area contributed by atoms with Crippen molar-refractivity contribution in [3.05, 3.63) is 57.8 Å². The van der Waals surface area contributed by atoms with Crippen LogP contribution in [0.15, 0.2) is 35.1 Å². The van der Waals surface area contributed by atoms with Crippen LogP contribution in [0.3, 0.4) is 0 Å². The molecule has 0 radical (unpaired) electrons. The zero-order chi connectivity index (χ0) is 21.6. The van der Waals surface area contributed by atoms with Crippen molar-refractivity contribution in [2.45, 2.75) is 44.6 Å². The molecule has 2 aliphatic rings. The van der Waals surface area contributed by atoms with Gasteiger partial charge in [0.1, 0.15) is 12.4 Å². The van der Waals surface area contributed by atoms with Gasteiger partial charge in [0.2, 0.25) is 0 Å². The SMILES string of the molecule is O=c1c2ccccc2nc(C2CCCN2c2cc3c(nn2)CCOC3)n1CC(F)(F)F. The van der Waals surface area contributed by atoms with Crippen molar-refractivity contribution in [1.82, 2.24) is 19.7 Å². The topological polar surface area (TPSA) is 73.1 Å². The number of alkyl halides is 3. The number of halogens is 3. The van der Waals surface area contributed by atoms with E-state index in [9.17, 15) is 18.0 Å². The van der Waals surface area contributed by atoms with E-state index in [1.165, 1.54) is 6.07 Å². The molecule has 2 aliphatic heterocycles. The molecule has 0 amide bonds. The summed E-state index contributed by atoms with van der Waals surface area (Å²) in [7, 11) is 0. The third-order valence-corrected chi connectivity index (χ3v) is 5.76. The standard InChI is InChI=1S/C21H20F3N5O2/c22-21(23,24)12-29-19(25-16-5-2-1-4-14(16)20(29)30)17-6-3-8-28(17)18-10-13-11-31-9-7-15(13)26-27-18/h1-2,4-5,10,17H,3,6-9,11-12H2. The van der Waals surface area contributed by atoms with Gasteiger partial charge in [-0.1, -0.05) is 12.1 Å². The molecule has 0 saturated carbocycles. The smallest absolute Gasteiger partial charge is 0.376 e. The number of anilines is 1. The average molecular weight is 431 g/mol. The van der Waals surface area contributed by atoms with Crippen LogP contribution in [-0.4, -0.2) is 39.1 Å². The summed E-state index contributed by atoms with van der Waals surface area (Å²) in [6.45, 7) is 0.238. The van der Waals surface area contributed by atoms with Crippen LogP contribution in [0.4, 0.5) is 19.0 Å². The van der Waals surface area contributed by atoms with Gasteiger partial charge in [-0.25, -0.2) is 4.98 Å². The number of para-hydroxylation sites is 1. The van der Waals surface area contributed by atoms with Crippen LogP contribution in [0.2, 0.25) is 0 Å². The number of ether oxygens (including phenoxy) is 1. The summed E-state index contributed by atoms with van der Waals surface area (Å²) >= 11 is 0. The van der Waals surface area contributed by atoms with Gasteiger partial charge in [-0.05, 0) is 31.0 Å². The molecule has 1 aromatic carbocycles. The highest BCUT2D eigenvalue weighted by Gasteiger charge is 2.36. The molecule has 3 aromatic rings. The third-order valence-electron chi connectivity index (χ3n) is 5.76. The van der Waals surface area contributed by atoms with Crippen LogP contribution in [-0.2, 0) is 24.3 Å². The molecular formula is C21H20F3N5O2. The maximum absolute atomic E-state index is 13.4. The van der Waals surface area contributed by atoms with Crippen LogP contribution < -0.4 is 10.5 Å². The number of aromatic nitrogens is 4. The van der Waals surface area contributed by atoms with Gasteiger partial charge in [0.25, 0.3) is 5.56 Å². The summed E-state index contributed by atoms with van der Waals surface area (Å²) in [4.78, 5) is 19.4. The highest BCUT2D eigenvalue weighted by Crippen LogP contribution is 2.36. The van der Waals surface area contributed by atoms with Crippen molar-refractivity contribution < 1.29 is 17.9 Å². The third kappa shape index (κ3) is 3.76. The number of nitrogens with zero attached hydrogens (tertiary/aromatic N) is 5. The molecule has 7 nitrogen and oxygen atoms in total. The second-order valence-corrected chi connectivity index (χ2v) is 7.82. The summed E-state index contributed by atoms with van der Waals surface area (Å²) in [5.41, 5.74) is 1.51. The Morgan fingerprint density at radius 3 is 2.87 bits per heavy atom. The molecule has 0 bridgehead atoms. The lowest BCUT2D eigenvalue weighted by Gasteiger charge is -2.28. The Labute approximate surface area is 175 Å². The van der Waals surface area contributed by atoms with Gasteiger partial charge in [0.15, 0.2) is 5.82 Å². The van der Waals surface area contributed by atoms with E-state index in [2.05, 4.69) is 15.2 Å². The molecule has 1 saturated heterocycles. The lowest BCUT2D eigenvalue weighted by molar-refractivity contribution is -0.141. The number of benzene rings is 1. The first-order valence-electron chi connectivity index (χ1n) is 10.2. The Hall–Kier alpha value is -3.01. The summed E-state index contributed by atoms with van der Waals surface area (Å²) in [5, 5.41) is 8.79. The van der Waals surface area contributed by atoms with Crippen LogP contribution in [0, 0.1) is 0 Å². The first-order chi connectivity index (χ1) is 14.9. The monoisotopic (exact) mass is 431 g/mol. The molecule has 10 heteroatoms. The molecular weight excluding hydrogens is 411 g/mol. The van der Waals surface area contributed by atoms with Crippen molar-refractivity contribution in [3.8, 4) is 0 Å². The minimum Gasteiger partial charge on any atom is -0.376 e. The highest BCUT2D eigenvalue weighted by atomic mass is 19.4. The van der Waals surface area contributed by atoms with E-state index in [4.69, 9.17) is 4.74 Å². The van der Waals surface area contributed by atoms with Crippen LogP contribution >= 0.6 is 0 Å². The van der Waals surface area contributed by atoms with Crippen molar-refractivity contribution in [1.29, 1.82) is 0 Å². The number of rotatable bonds is 3. The molecule has 4 heterocycles. The first kappa shape index (κ1) is 19.9. The molecule has 162 valence electrons. The number of hydrogen-bond donors (Lipinski definition) is 0. The zero-order valence-corrected chi connectivity index (χ0v) is 16.6. The Bertz CT molecular complexity index is 1190. The summed E-state index contributed by atoms with van der Waals surface area (Å²) in [5.74, 6) is 0.669. The lowest BCUT2D eigenvalue weighted by Crippen LogP contribution is -2.36. The molecule has 1 unspecified atom stereocenters. The average Bonchev–Trinajstić information content (AvgIpc) is 3.24. The quantitative estimate of drug-likeness (QED) is 0.634. The highest BCUT2D eigenvalue weighted by molar-refractivity contribution is 5.77. The van der Waals surface area contributed by atoms with Gasteiger partial charge in [-0.3, -0.25) is 9.36 Å². The zero-order valence-electron chi connectivity index (χ0n) is 16.6. The van der Waals surface area contributed by atoms with Gasteiger partial charge in [0, 0.05) is 18.5 Å². The van der Waals surface area contributed by atoms with Gasteiger partial charge in [0.05, 0.1) is 35.9 Å². The first-order valence-corrected chi connectivity index (χ1v) is 10.2. The van der Waals surface area contributed by atoms with Gasteiger partial charge in [-0.15, -0.1) is 5.10 Å². The van der Waals surface area contributed by atoms with E-state index < -0.39 is 24.3 Å². The summed E-state index contributed by atoms with van der Waals surface area (Å²) in [6.07, 6.45) is -2.55. The van der Waals surface area contributed by atoms with E-state index in [1.807, 2.05) is 11.0 Å². The van der Waals surface area contributed by atoms with Gasteiger partial charge in [-0.2, -0.15) is 18.3 Å². The largest absolute Gasteiger partial charge is 0.406 e.